The minimum atomic E-state index is 0.595. The maximum absolute atomic E-state index is 4.25. The average Bonchev–Trinajstić information content (AvgIpc) is 2.88. The highest BCUT2D eigenvalue weighted by molar-refractivity contribution is 5.49. The molecular weight excluding hydrogens is 188 g/mol. The molecule has 4 nitrogen and oxygen atoms in total. The van der Waals surface area contributed by atoms with Crippen LogP contribution in [0.1, 0.15) is 23.7 Å². The van der Waals surface area contributed by atoms with Gasteiger partial charge in [-0.3, -0.25) is 4.40 Å². The maximum atomic E-state index is 4.25. The number of rotatable bonds is 1. The summed E-state index contributed by atoms with van der Waals surface area (Å²) in [6.45, 7) is 4.15. The van der Waals surface area contributed by atoms with E-state index in [1.54, 1.807) is 0 Å². The first kappa shape index (κ1) is 8.85. The lowest BCUT2D eigenvalue weighted by molar-refractivity contribution is 0.762. The predicted molar refractivity (Wildman–Crippen MR) is 58.0 cm³/mol. The Morgan fingerprint density at radius 1 is 1.47 bits per heavy atom. The van der Waals surface area contributed by atoms with Gasteiger partial charge in [-0.1, -0.05) is 6.07 Å². The number of nitrogens with one attached hydrogen (secondary N) is 1. The van der Waals surface area contributed by atoms with E-state index in [0.29, 0.717) is 5.92 Å². The molecule has 0 aliphatic carbocycles. The van der Waals surface area contributed by atoms with Crippen LogP contribution in [0.3, 0.4) is 0 Å². The summed E-state index contributed by atoms with van der Waals surface area (Å²) >= 11 is 0. The second-order valence-electron chi connectivity index (χ2n) is 4.09. The van der Waals surface area contributed by atoms with Crippen LogP contribution < -0.4 is 5.32 Å². The SMILES string of the molecule is Cc1nnc2c(C3CCNC3)cccn12. The molecule has 15 heavy (non-hydrogen) atoms. The summed E-state index contributed by atoms with van der Waals surface area (Å²) < 4.78 is 2.06. The van der Waals surface area contributed by atoms with E-state index in [1.807, 2.05) is 13.1 Å². The van der Waals surface area contributed by atoms with Crippen molar-refractivity contribution >= 4 is 5.65 Å². The first-order valence-electron chi connectivity index (χ1n) is 5.37. The van der Waals surface area contributed by atoms with E-state index in [-0.39, 0.29) is 0 Å². The fourth-order valence-corrected chi connectivity index (χ4v) is 2.29. The standard InChI is InChI=1S/C11H14N4/c1-8-13-14-11-10(3-2-6-15(8)11)9-4-5-12-7-9/h2-3,6,9,12H,4-5,7H2,1H3. The molecule has 1 unspecified atom stereocenters. The molecular formula is C11H14N4. The molecule has 3 rings (SSSR count). The molecule has 78 valence electrons. The van der Waals surface area contributed by atoms with Gasteiger partial charge < -0.3 is 5.32 Å². The van der Waals surface area contributed by atoms with Crippen LogP contribution >= 0.6 is 0 Å². The molecule has 0 bridgehead atoms. The van der Waals surface area contributed by atoms with E-state index in [2.05, 4.69) is 32.0 Å². The predicted octanol–water partition coefficient (Wildman–Crippen LogP) is 1.11. The van der Waals surface area contributed by atoms with E-state index in [4.69, 9.17) is 0 Å². The zero-order chi connectivity index (χ0) is 10.3. The van der Waals surface area contributed by atoms with Crippen molar-refractivity contribution in [2.75, 3.05) is 13.1 Å². The Kier molecular flexibility index (Phi) is 1.95. The van der Waals surface area contributed by atoms with E-state index in [0.717, 1.165) is 24.6 Å². The zero-order valence-electron chi connectivity index (χ0n) is 8.77. The Labute approximate surface area is 88.3 Å². The van der Waals surface area contributed by atoms with E-state index in [9.17, 15) is 0 Å². The third-order valence-corrected chi connectivity index (χ3v) is 3.14. The van der Waals surface area contributed by atoms with Crippen LogP contribution in [0.4, 0.5) is 0 Å². The van der Waals surface area contributed by atoms with Crippen molar-refractivity contribution in [1.82, 2.24) is 19.9 Å². The molecule has 1 fully saturated rings. The van der Waals surface area contributed by atoms with Crippen molar-refractivity contribution in [3.05, 3.63) is 29.7 Å². The molecule has 1 aliphatic rings. The van der Waals surface area contributed by atoms with Crippen molar-refractivity contribution in [2.24, 2.45) is 0 Å². The Hall–Kier alpha value is -1.42. The smallest absolute Gasteiger partial charge is 0.164 e. The highest BCUT2D eigenvalue weighted by atomic mass is 15.2. The second kappa shape index (κ2) is 3.31. The van der Waals surface area contributed by atoms with Gasteiger partial charge in [0.2, 0.25) is 0 Å². The molecule has 1 saturated heterocycles. The molecule has 0 spiro atoms. The monoisotopic (exact) mass is 202 g/mol. The molecule has 1 atom stereocenters. The number of aromatic nitrogens is 3. The van der Waals surface area contributed by atoms with E-state index in [1.165, 1.54) is 12.0 Å². The Morgan fingerprint density at radius 2 is 2.40 bits per heavy atom. The molecule has 1 N–H and O–H groups in total. The summed E-state index contributed by atoms with van der Waals surface area (Å²) in [6, 6.07) is 4.25. The first-order chi connectivity index (χ1) is 7.36. The average molecular weight is 202 g/mol. The fraction of sp³-hybridized carbons (Fsp3) is 0.455. The lowest BCUT2D eigenvalue weighted by atomic mass is 10.00. The topological polar surface area (TPSA) is 42.2 Å². The zero-order valence-corrected chi connectivity index (χ0v) is 8.77. The van der Waals surface area contributed by atoms with Gasteiger partial charge in [0.05, 0.1) is 0 Å². The van der Waals surface area contributed by atoms with Crippen molar-refractivity contribution in [2.45, 2.75) is 19.3 Å². The lowest BCUT2D eigenvalue weighted by Gasteiger charge is -2.09. The minimum absolute atomic E-state index is 0.595. The molecule has 4 heteroatoms. The van der Waals surface area contributed by atoms with Crippen molar-refractivity contribution in [3.63, 3.8) is 0 Å². The van der Waals surface area contributed by atoms with Gasteiger partial charge in [0, 0.05) is 24.2 Å². The Balaban J connectivity index is 2.17. The molecule has 0 saturated carbocycles. The Bertz CT molecular complexity index is 482. The number of pyridine rings is 1. The van der Waals surface area contributed by atoms with Crippen LogP contribution in [-0.2, 0) is 0 Å². The number of hydrogen-bond donors (Lipinski definition) is 1. The van der Waals surface area contributed by atoms with Gasteiger partial charge in [-0.05, 0) is 26.0 Å². The minimum Gasteiger partial charge on any atom is -0.316 e. The largest absolute Gasteiger partial charge is 0.316 e. The summed E-state index contributed by atoms with van der Waals surface area (Å²) in [6.07, 6.45) is 3.22. The Morgan fingerprint density at radius 3 is 3.20 bits per heavy atom. The van der Waals surface area contributed by atoms with Crippen molar-refractivity contribution in [1.29, 1.82) is 0 Å². The van der Waals surface area contributed by atoms with Gasteiger partial charge in [0.15, 0.2) is 5.65 Å². The molecule has 1 aliphatic heterocycles. The van der Waals surface area contributed by atoms with E-state index >= 15 is 0 Å². The van der Waals surface area contributed by atoms with Crippen molar-refractivity contribution in [3.8, 4) is 0 Å². The number of fused-ring (bicyclic) bond motifs is 1. The highest BCUT2D eigenvalue weighted by Crippen LogP contribution is 2.25. The molecule has 0 amide bonds. The second-order valence-corrected chi connectivity index (χ2v) is 4.09. The maximum Gasteiger partial charge on any atom is 0.164 e. The summed E-state index contributed by atoms with van der Waals surface area (Å²) in [5.41, 5.74) is 2.34. The molecule has 2 aromatic heterocycles. The highest BCUT2D eigenvalue weighted by Gasteiger charge is 2.20. The van der Waals surface area contributed by atoms with Crippen LogP contribution in [0.15, 0.2) is 18.3 Å². The fourth-order valence-electron chi connectivity index (χ4n) is 2.29. The number of aryl methyl sites for hydroxylation is 1. The van der Waals surface area contributed by atoms with Crippen LogP contribution in [0.5, 0.6) is 0 Å². The van der Waals surface area contributed by atoms with Gasteiger partial charge >= 0.3 is 0 Å². The molecule has 0 radical (unpaired) electrons. The normalized spacial score (nSPS) is 21.3. The number of nitrogens with zero attached hydrogens (tertiary/aromatic N) is 3. The van der Waals surface area contributed by atoms with Crippen LogP contribution in [0, 0.1) is 6.92 Å². The van der Waals surface area contributed by atoms with Gasteiger partial charge in [-0.25, -0.2) is 0 Å². The summed E-state index contributed by atoms with van der Waals surface area (Å²) in [7, 11) is 0. The molecule has 3 heterocycles. The third kappa shape index (κ3) is 1.33. The lowest BCUT2D eigenvalue weighted by Crippen LogP contribution is -2.08. The summed E-state index contributed by atoms with van der Waals surface area (Å²) in [5, 5.41) is 11.8. The molecule has 0 aromatic carbocycles. The quantitative estimate of drug-likeness (QED) is 0.753. The first-order valence-corrected chi connectivity index (χ1v) is 5.37. The van der Waals surface area contributed by atoms with Gasteiger partial charge in [-0.2, -0.15) is 0 Å². The van der Waals surface area contributed by atoms with Crippen LogP contribution in [-0.4, -0.2) is 27.7 Å². The van der Waals surface area contributed by atoms with Gasteiger partial charge in [-0.15, -0.1) is 10.2 Å². The van der Waals surface area contributed by atoms with Gasteiger partial charge in [0.1, 0.15) is 5.82 Å². The summed E-state index contributed by atoms with van der Waals surface area (Å²) in [5.74, 6) is 1.55. The van der Waals surface area contributed by atoms with Crippen LogP contribution in [0.2, 0.25) is 0 Å². The number of hydrogen-bond acceptors (Lipinski definition) is 3. The van der Waals surface area contributed by atoms with Crippen molar-refractivity contribution < 1.29 is 0 Å². The molecule has 2 aromatic rings. The van der Waals surface area contributed by atoms with Crippen LogP contribution in [0.25, 0.3) is 5.65 Å². The van der Waals surface area contributed by atoms with E-state index < -0.39 is 0 Å². The summed E-state index contributed by atoms with van der Waals surface area (Å²) in [4.78, 5) is 0. The third-order valence-electron chi connectivity index (χ3n) is 3.14. The van der Waals surface area contributed by atoms with Gasteiger partial charge in [0.25, 0.3) is 0 Å².